The van der Waals surface area contributed by atoms with Crippen LogP contribution in [0.1, 0.15) is 27.7 Å². The molecule has 2 N–H and O–H groups in total. The van der Waals surface area contributed by atoms with Gasteiger partial charge in [0.2, 0.25) is 0 Å². The van der Waals surface area contributed by atoms with Crippen LogP contribution in [0, 0.1) is 11.3 Å². The number of hydrogen-bond donors (Lipinski definition) is 1. The fraction of sp³-hybridized carbons (Fsp3) is 0.308. The van der Waals surface area contributed by atoms with E-state index in [1.54, 1.807) is 28.7 Å². The first-order valence-electron chi connectivity index (χ1n) is 6.07. The van der Waals surface area contributed by atoms with E-state index in [0.717, 1.165) is 0 Å². The maximum atomic E-state index is 12.4. The zero-order chi connectivity index (χ0) is 14.4. The molecule has 2 aromatic rings. The first-order chi connectivity index (χ1) is 9.74. The number of carbonyl (C=O) groups is 1. The van der Waals surface area contributed by atoms with E-state index in [9.17, 15) is 4.79 Å². The van der Waals surface area contributed by atoms with E-state index in [-0.39, 0.29) is 12.3 Å². The molecular formula is C13H14N4O2S. The van der Waals surface area contributed by atoms with Crippen molar-refractivity contribution < 1.29 is 9.21 Å². The van der Waals surface area contributed by atoms with Gasteiger partial charge in [-0.1, -0.05) is 0 Å². The number of furan rings is 1. The van der Waals surface area contributed by atoms with Crippen molar-refractivity contribution in [1.82, 2.24) is 9.88 Å². The molecule has 104 valence electrons. The van der Waals surface area contributed by atoms with Gasteiger partial charge in [0.1, 0.15) is 16.5 Å². The van der Waals surface area contributed by atoms with Crippen molar-refractivity contribution in [2.45, 2.75) is 19.5 Å². The van der Waals surface area contributed by atoms with Crippen LogP contribution in [-0.2, 0) is 13.1 Å². The van der Waals surface area contributed by atoms with Crippen molar-refractivity contribution in [2.75, 3.05) is 6.54 Å². The van der Waals surface area contributed by atoms with Gasteiger partial charge < -0.3 is 15.1 Å². The van der Waals surface area contributed by atoms with Crippen molar-refractivity contribution >= 4 is 17.2 Å². The first kappa shape index (κ1) is 14.2. The average molecular weight is 290 g/mol. The number of nitriles is 1. The predicted octanol–water partition coefficient (Wildman–Crippen LogP) is 1.75. The summed E-state index contributed by atoms with van der Waals surface area (Å²) in [7, 11) is 0. The van der Waals surface area contributed by atoms with E-state index in [0.29, 0.717) is 36.1 Å². The zero-order valence-corrected chi connectivity index (χ0v) is 11.6. The highest BCUT2D eigenvalue weighted by molar-refractivity contribution is 7.09. The van der Waals surface area contributed by atoms with Gasteiger partial charge in [-0.2, -0.15) is 5.26 Å². The largest absolute Gasteiger partial charge is 0.467 e. The average Bonchev–Trinajstić information content (AvgIpc) is 3.13. The van der Waals surface area contributed by atoms with Crippen molar-refractivity contribution in [1.29, 1.82) is 5.26 Å². The van der Waals surface area contributed by atoms with Crippen LogP contribution in [0.3, 0.4) is 0 Å². The first-order valence-corrected chi connectivity index (χ1v) is 6.95. The number of aromatic nitrogens is 1. The van der Waals surface area contributed by atoms with Crippen LogP contribution >= 0.6 is 11.3 Å². The molecule has 7 heteroatoms. The van der Waals surface area contributed by atoms with Gasteiger partial charge in [0, 0.05) is 18.5 Å². The third kappa shape index (κ3) is 3.44. The van der Waals surface area contributed by atoms with Crippen molar-refractivity contribution in [2.24, 2.45) is 5.73 Å². The SMILES string of the molecule is N#CCCN(Cc1ccco1)C(=O)c1csc(CN)n1. The van der Waals surface area contributed by atoms with E-state index in [1.165, 1.54) is 11.3 Å². The molecule has 0 atom stereocenters. The maximum Gasteiger partial charge on any atom is 0.273 e. The fourth-order valence-electron chi connectivity index (χ4n) is 1.69. The molecule has 0 saturated heterocycles. The molecule has 2 heterocycles. The van der Waals surface area contributed by atoms with Gasteiger partial charge in [0.05, 0.1) is 25.3 Å². The summed E-state index contributed by atoms with van der Waals surface area (Å²) in [5.74, 6) is 0.457. The van der Waals surface area contributed by atoms with E-state index in [2.05, 4.69) is 4.98 Å². The van der Waals surface area contributed by atoms with Gasteiger partial charge >= 0.3 is 0 Å². The Hall–Kier alpha value is -2.17. The lowest BCUT2D eigenvalue weighted by Gasteiger charge is -2.19. The number of carbonyl (C=O) groups excluding carboxylic acids is 1. The van der Waals surface area contributed by atoms with Gasteiger partial charge in [0.15, 0.2) is 0 Å². The standard InChI is InChI=1S/C13H14N4O2S/c14-4-2-5-17(8-10-3-1-6-19-10)13(18)11-9-20-12(7-15)16-11/h1,3,6,9H,2,5,7-8,15H2. The second-order valence-corrected chi connectivity index (χ2v) is 4.99. The highest BCUT2D eigenvalue weighted by Gasteiger charge is 2.19. The topological polar surface area (TPSA) is 96.2 Å². The van der Waals surface area contributed by atoms with Crippen LogP contribution in [0.5, 0.6) is 0 Å². The third-order valence-corrected chi connectivity index (χ3v) is 3.52. The number of amides is 1. The normalized spacial score (nSPS) is 10.2. The summed E-state index contributed by atoms with van der Waals surface area (Å²) in [6, 6.07) is 5.59. The van der Waals surface area contributed by atoms with Crippen LogP contribution in [-0.4, -0.2) is 22.3 Å². The molecule has 0 spiro atoms. The molecule has 0 aliphatic heterocycles. The molecule has 0 aliphatic rings. The summed E-state index contributed by atoms with van der Waals surface area (Å²) < 4.78 is 5.24. The summed E-state index contributed by atoms with van der Waals surface area (Å²) in [6.07, 6.45) is 1.82. The number of thiazole rings is 1. The van der Waals surface area contributed by atoms with Crippen molar-refractivity contribution in [3.63, 3.8) is 0 Å². The molecule has 0 saturated carbocycles. The Morgan fingerprint density at radius 2 is 2.45 bits per heavy atom. The lowest BCUT2D eigenvalue weighted by Crippen LogP contribution is -2.31. The molecule has 1 amide bonds. The maximum absolute atomic E-state index is 12.4. The summed E-state index contributed by atoms with van der Waals surface area (Å²) in [5.41, 5.74) is 5.86. The Balaban J connectivity index is 2.12. The van der Waals surface area contributed by atoms with Gasteiger partial charge in [-0.3, -0.25) is 4.79 Å². The predicted molar refractivity (Wildman–Crippen MR) is 73.7 cm³/mol. The molecule has 6 nitrogen and oxygen atoms in total. The summed E-state index contributed by atoms with van der Waals surface area (Å²) in [6.45, 7) is 0.975. The van der Waals surface area contributed by atoms with E-state index < -0.39 is 0 Å². The molecule has 2 rings (SSSR count). The van der Waals surface area contributed by atoms with E-state index in [1.807, 2.05) is 6.07 Å². The fourth-order valence-corrected chi connectivity index (χ4v) is 2.34. The van der Waals surface area contributed by atoms with Gasteiger partial charge in [-0.15, -0.1) is 11.3 Å². The Kier molecular flexibility index (Phi) is 4.87. The molecule has 0 radical (unpaired) electrons. The molecule has 0 fully saturated rings. The van der Waals surface area contributed by atoms with Crippen molar-refractivity contribution in [3.05, 3.63) is 40.2 Å². The summed E-state index contributed by atoms with van der Waals surface area (Å²) in [5, 5.41) is 11.1. The lowest BCUT2D eigenvalue weighted by molar-refractivity contribution is 0.0730. The van der Waals surface area contributed by atoms with Gasteiger partial charge in [-0.05, 0) is 12.1 Å². The summed E-state index contributed by atoms with van der Waals surface area (Å²) in [4.78, 5) is 18.1. The molecule has 0 aromatic carbocycles. The summed E-state index contributed by atoms with van der Waals surface area (Å²) >= 11 is 1.36. The zero-order valence-electron chi connectivity index (χ0n) is 10.8. The van der Waals surface area contributed by atoms with Crippen LogP contribution in [0.25, 0.3) is 0 Å². The molecule has 20 heavy (non-hydrogen) atoms. The van der Waals surface area contributed by atoms with E-state index in [4.69, 9.17) is 15.4 Å². The molecule has 0 unspecified atom stereocenters. The molecule has 0 bridgehead atoms. The van der Waals surface area contributed by atoms with Gasteiger partial charge in [-0.25, -0.2) is 4.98 Å². The third-order valence-electron chi connectivity index (χ3n) is 2.65. The second-order valence-electron chi connectivity index (χ2n) is 4.04. The van der Waals surface area contributed by atoms with Crippen LogP contribution < -0.4 is 5.73 Å². The minimum absolute atomic E-state index is 0.215. The monoisotopic (exact) mass is 290 g/mol. The molecule has 2 aromatic heterocycles. The Bertz CT molecular complexity index is 600. The quantitative estimate of drug-likeness (QED) is 0.874. The number of rotatable bonds is 6. The van der Waals surface area contributed by atoms with Crippen LogP contribution in [0.15, 0.2) is 28.2 Å². The minimum Gasteiger partial charge on any atom is -0.467 e. The number of hydrogen-bond acceptors (Lipinski definition) is 6. The van der Waals surface area contributed by atoms with Crippen LogP contribution in [0.2, 0.25) is 0 Å². The smallest absolute Gasteiger partial charge is 0.273 e. The Morgan fingerprint density at radius 3 is 3.05 bits per heavy atom. The molecular weight excluding hydrogens is 276 g/mol. The van der Waals surface area contributed by atoms with Crippen molar-refractivity contribution in [3.8, 4) is 6.07 Å². The minimum atomic E-state index is -0.215. The highest BCUT2D eigenvalue weighted by Crippen LogP contribution is 2.14. The number of nitrogens with zero attached hydrogens (tertiary/aromatic N) is 3. The second kappa shape index (κ2) is 6.84. The van der Waals surface area contributed by atoms with E-state index >= 15 is 0 Å². The number of nitrogens with two attached hydrogens (primary N) is 1. The van der Waals surface area contributed by atoms with Crippen LogP contribution in [0.4, 0.5) is 0 Å². The Labute approximate surface area is 120 Å². The lowest BCUT2D eigenvalue weighted by atomic mass is 10.3. The highest BCUT2D eigenvalue weighted by atomic mass is 32.1. The van der Waals surface area contributed by atoms with Gasteiger partial charge in [0.25, 0.3) is 5.91 Å². The Morgan fingerprint density at radius 1 is 1.60 bits per heavy atom. The molecule has 0 aliphatic carbocycles.